The number of aryl methyl sites for hydroxylation is 1. The van der Waals surface area contributed by atoms with E-state index in [0.717, 1.165) is 31.4 Å². The lowest BCUT2D eigenvalue weighted by Crippen LogP contribution is -2.18. The number of nitrogens with one attached hydrogen (secondary N) is 2. The van der Waals surface area contributed by atoms with Crippen molar-refractivity contribution < 1.29 is 4.74 Å². The number of rotatable bonds is 7. The second-order valence-electron chi connectivity index (χ2n) is 4.56. The Morgan fingerprint density at radius 1 is 1.47 bits per heavy atom. The second-order valence-corrected chi connectivity index (χ2v) is 4.56. The Labute approximate surface area is 103 Å². The Bertz CT molecular complexity index is 364. The van der Waals surface area contributed by atoms with Crippen molar-refractivity contribution >= 4 is 5.69 Å². The molecule has 2 rings (SSSR count). The standard InChI is InChI=1S/C13H21N3O/c1-10-7-13(14-5-6-17-2)11(8-15-10)9-16-12-3-4-12/h7-8,12,16H,3-6,9H2,1-2H3,(H,14,15). The van der Waals surface area contributed by atoms with Gasteiger partial charge in [0.1, 0.15) is 0 Å². The predicted molar refractivity (Wildman–Crippen MR) is 69.2 cm³/mol. The Kier molecular flexibility index (Phi) is 4.34. The molecule has 0 aromatic carbocycles. The number of hydrogen-bond donors (Lipinski definition) is 2. The summed E-state index contributed by atoms with van der Waals surface area (Å²) in [5.74, 6) is 0. The summed E-state index contributed by atoms with van der Waals surface area (Å²) in [6, 6.07) is 2.82. The number of pyridine rings is 1. The molecule has 0 saturated heterocycles. The van der Waals surface area contributed by atoms with Crippen LogP contribution in [0.3, 0.4) is 0 Å². The molecule has 0 radical (unpaired) electrons. The van der Waals surface area contributed by atoms with Gasteiger partial charge in [-0.2, -0.15) is 0 Å². The summed E-state index contributed by atoms with van der Waals surface area (Å²) in [5, 5.41) is 6.91. The van der Waals surface area contributed by atoms with E-state index < -0.39 is 0 Å². The maximum Gasteiger partial charge on any atom is 0.0635 e. The van der Waals surface area contributed by atoms with Gasteiger partial charge in [-0.05, 0) is 25.8 Å². The van der Waals surface area contributed by atoms with Gasteiger partial charge in [-0.25, -0.2) is 0 Å². The Morgan fingerprint density at radius 3 is 3.00 bits per heavy atom. The van der Waals surface area contributed by atoms with Crippen molar-refractivity contribution in [3.63, 3.8) is 0 Å². The summed E-state index contributed by atoms with van der Waals surface area (Å²) < 4.78 is 5.05. The van der Waals surface area contributed by atoms with Crippen LogP contribution in [-0.2, 0) is 11.3 Å². The van der Waals surface area contributed by atoms with Gasteiger partial charge in [-0.15, -0.1) is 0 Å². The van der Waals surface area contributed by atoms with Crippen LogP contribution in [0.1, 0.15) is 24.1 Å². The summed E-state index contributed by atoms with van der Waals surface area (Å²) in [6.45, 7) is 4.46. The Balaban J connectivity index is 1.95. The van der Waals surface area contributed by atoms with Gasteiger partial charge in [0.25, 0.3) is 0 Å². The van der Waals surface area contributed by atoms with Gasteiger partial charge >= 0.3 is 0 Å². The van der Waals surface area contributed by atoms with Crippen LogP contribution in [0.4, 0.5) is 5.69 Å². The first kappa shape index (κ1) is 12.3. The van der Waals surface area contributed by atoms with E-state index in [9.17, 15) is 0 Å². The molecular formula is C13H21N3O. The zero-order chi connectivity index (χ0) is 12.1. The van der Waals surface area contributed by atoms with E-state index in [1.165, 1.54) is 24.1 Å². The van der Waals surface area contributed by atoms with Crippen molar-refractivity contribution in [1.82, 2.24) is 10.3 Å². The fraction of sp³-hybridized carbons (Fsp3) is 0.615. The zero-order valence-corrected chi connectivity index (χ0v) is 10.6. The molecule has 1 aromatic heterocycles. The molecule has 1 heterocycles. The van der Waals surface area contributed by atoms with Crippen molar-refractivity contribution in [2.75, 3.05) is 25.6 Å². The highest BCUT2D eigenvalue weighted by Gasteiger charge is 2.20. The lowest BCUT2D eigenvalue weighted by Gasteiger charge is -2.12. The summed E-state index contributed by atoms with van der Waals surface area (Å²) in [6.07, 6.45) is 4.58. The van der Waals surface area contributed by atoms with E-state index in [0.29, 0.717) is 0 Å². The zero-order valence-electron chi connectivity index (χ0n) is 10.6. The minimum absolute atomic E-state index is 0.719. The average Bonchev–Trinajstić information content (AvgIpc) is 3.12. The molecule has 4 nitrogen and oxygen atoms in total. The third-order valence-electron chi connectivity index (χ3n) is 2.90. The predicted octanol–water partition coefficient (Wildman–Crippen LogP) is 1.70. The topological polar surface area (TPSA) is 46.2 Å². The van der Waals surface area contributed by atoms with E-state index >= 15 is 0 Å². The van der Waals surface area contributed by atoms with Crippen molar-refractivity contribution in [3.05, 3.63) is 23.5 Å². The van der Waals surface area contributed by atoms with Crippen molar-refractivity contribution in [3.8, 4) is 0 Å². The first-order valence-electron chi connectivity index (χ1n) is 6.21. The lowest BCUT2D eigenvalue weighted by molar-refractivity contribution is 0.210. The molecule has 0 amide bonds. The fourth-order valence-electron chi connectivity index (χ4n) is 1.72. The molecule has 1 aromatic rings. The van der Waals surface area contributed by atoms with E-state index in [2.05, 4.69) is 21.7 Å². The van der Waals surface area contributed by atoms with Gasteiger partial charge in [0.2, 0.25) is 0 Å². The molecule has 1 aliphatic carbocycles. The first-order chi connectivity index (χ1) is 8.29. The third kappa shape index (κ3) is 3.98. The van der Waals surface area contributed by atoms with Crippen LogP contribution in [-0.4, -0.2) is 31.3 Å². The largest absolute Gasteiger partial charge is 0.383 e. The number of methoxy groups -OCH3 is 1. The molecule has 0 bridgehead atoms. The number of ether oxygens (including phenoxy) is 1. The SMILES string of the molecule is COCCNc1cc(C)ncc1CNC1CC1. The Hall–Kier alpha value is -1.13. The van der Waals surface area contributed by atoms with Crippen molar-refractivity contribution in [1.29, 1.82) is 0 Å². The fourth-order valence-corrected chi connectivity index (χ4v) is 1.72. The summed E-state index contributed by atoms with van der Waals surface area (Å²) >= 11 is 0. The van der Waals surface area contributed by atoms with Crippen LogP contribution >= 0.6 is 0 Å². The lowest BCUT2D eigenvalue weighted by atomic mass is 10.2. The normalized spacial score (nSPS) is 14.9. The molecule has 1 aliphatic rings. The molecule has 17 heavy (non-hydrogen) atoms. The molecule has 94 valence electrons. The van der Waals surface area contributed by atoms with Crippen LogP contribution in [0.5, 0.6) is 0 Å². The van der Waals surface area contributed by atoms with Crippen LogP contribution in [0.2, 0.25) is 0 Å². The minimum Gasteiger partial charge on any atom is -0.383 e. The molecule has 2 N–H and O–H groups in total. The van der Waals surface area contributed by atoms with Gasteiger partial charge in [0, 0.05) is 49.4 Å². The maximum absolute atomic E-state index is 5.05. The van der Waals surface area contributed by atoms with E-state index in [-0.39, 0.29) is 0 Å². The van der Waals surface area contributed by atoms with Crippen LogP contribution in [0, 0.1) is 6.92 Å². The molecule has 4 heteroatoms. The van der Waals surface area contributed by atoms with Gasteiger partial charge in [0.05, 0.1) is 6.61 Å². The van der Waals surface area contributed by atoms with E-state index in [1.54, 1.807) is 7.11 Å². The molecule has 0 aliphatic heterocycles. The number of anilines is 1. The van der Waals surface area contributed by atoms with Gasteiger partial charge in [-0.1, -0.05) is 0 Å². The number of nitrogens with zero attached hydrogens (tertiary/aromatic N) is 1. The maximum atomic E-state index is 5.05. The molecule has 0 unspecified atom stereocenters. The monoisotopic (exact) mass is 235 g/mol. The number of aromatic nitrogens is 1. The minimum atomic E-state index is 0.719. The van der Waals surface area contributed by atoms with Crippen molar-refractivity contribution in [2.45, 2.75) is 32.4 Å². The van der Waals surface area contributed by atoms with Gasteiger partial charge in [-0.3, -0.25) is 4.98 Å². The van der Waals surface area contributed by atoms with Gasteiger partial charge in [0.15, 0.2) is 0 Å². The Morgan fingerprint density at radius 2 is 2.29 bits per heavy atom. The summed E-state index contributed by atoms with van der Waals surface area (Å²) in [7, 11) is 1.72. The van der Waals surface area contributed by atoms with Crippen LogP contribution < -0.4 is 10.6 Å². The molecule has 0 atom stereocenters. The van der Waals surface area contributed by atoms with Crippen molar-refractivity contribution in [2.24, 2.45) is 0 Å². The van der Waals surface area contributed by atoms with Crippen LogP contribution in [0.15, 0.2) is 12.3 Å². The second kappa shape index (κ2) is 5.98. The average molecular weight is 235 g/mol. The smallest absolute Gasteiger partial charge is 0.0635 e. The van der Waals surface area contributed by atoms with Gasteiger partial charge < -0.3 is 15.4 Å². The summed E-state index contributed by atoms with van der Waals surface area (Å²) in [5.41, 5.74) is 3.45. The molecule has 1 saturated carbocycles. The third-order valence-corrected chi connectivity index (χ3v) is 2.90. The van der Waals surface area contributed by atoms with E-state index in [1.807, 2.05) is 13.1 Å². The quantitative estimate of drug-likeness (QED) is 0.706. The first-order valence-corrected chi connectivity index (χ1v) is 6.21. The molecule has 0 spiro atoms. The van der Waals surface area contributed by atoms with Crippen LogP contribution in [0.25, 0.3) is 0 Å². The van der Waals surface area contributed by atoms with E-state index in [4.69, 9.17) is 4.74 Å². The highest BCUT2D eigenvalue weighted by atomic mass is 16.5. The number of hydrogen-bond acceptors (Lipinski definition) is 4. The summed E-state index contributed by atoms with van der Waals surface area (Å²) in [4.78, 5) is 4.36. The molecular weight excluding hydrogens is 214 g/mol. The highest BCUT2D eigenvalue weighted by molar-refractivity contribution is 5.51. The molecule has 1 fully saturated rings. The highest BCUT2D eigenvalue weighted by Crippen LogP contribution is 2.21.